The van der Waals surface area contributed by atoms with Crippen LogP contribution < -0.4 is 0 Å². The number of hydrogen-bond donors (Lipinski definition) is 1. The fourth-order valence-electron chi connectivity index (χ4n) is 1.72. The molecule has 1 unspecified atom stereocenters. The molecule has 0 aliphatic carbocycles. The van der Waals surface area contributed by atoms with Crippen molar-refractivity contribution in [1.82, 2.24) is 9.59 Å². The summed E-state index contributed by atoms with van der Waals surface area (Å²) >= 11 is 1.15. The van der Waals surface area contributed by atoms with Crippen molar-refractivity contribution in [1.29, 1.82) is 0 Å². The summed E-state index contributed by atoms with van der Waals surface area (Å²) < 4.78 is 17.1. The summed E-state index contributed by atoms with van der Waals surface area (Å²) in [5.41, 5.74) is 1.08. The van der Waals surface area contributed by atoms with Gasteiger partial charge in [-0.1, -0.05) is 37.4 Å². The third-order valence-electron chi connectivity index (χ3n) is 2.64. The second-order valence-electron chi connectivity index (χ2n) is 5.19. The number of aromatic nitrogens is 2. The number of aliphatic hydroxyl groups excluding tert-OH is 1. The average Bonchev–Trinajstić information content (AvgIpc) is 2.76. The number of halogens is 1. The van der Waals surface area contributed by atoms with Gasteiger partial charge in [0.1, 0.15) is 11.9 Å². The highest BCUT2D eigenvalue weighted by Crippen LogP contribution is 2.33. The third-order valence-corrected chi connectivity index (χ3v) is 3.41. The van der Waals surface area contributed by atoms with Crippen LogP contribution in [-0.4, -0.2) is 14.7 Å². The van der Waals surface area contributed by atoms with Crippen LogP contribution in [0, 0.1) is 5.82 Å². The molecule has 0 aliphatic heterocycles. The van der Waals surface area contributed by atoms with E-state index >= 15 is 0 Å². The molecule has 96 valence electrons. The lowest BCUT2D eigenvalue weighted by molar-refractivity contribution is 0.220. The molecule has 1 aromatic carbocycles. The first kappa shape index (κ1) is 13.1. The molecule has 1 atom stereocenters. The van der Waals surface area contributed by atoms with E-state index in [2.05, 4.69) is 9.59 Å². The Bertz CT molecular complexity index is 548. The minimum atomic E-state index is -0.880. The van der Waals surface area contributed by atoms with E-state index in [4.69, 9.17) is 0 Å². The van der Waals surface area contributed by atoms with Gasteiger partial charge in [-0.3, -0.25) is 0 Å². The molecule has 0 spiro atoms. The van der Waals surface area contributed by atoms with Crippen LogP contribution in [0.2, 0.25) is 0 Å². The van der Waals surface area contributed by atoms with E-state index in [1.807, 2.05) is 20.8 Å². The second-order valence-corrected chi connectivity index (χ2v) is 5.98. The molecule has 3 nitrogen and oxygen atoms in total. The van der Waals surface area contributed by atoms with Crippen LogP contribution >= 0.6 is 11.5 Å². The topological polar surface area (TPSA) is 46.0 Å². The highest BCUT2D eigenvalue weighted by molar-refractivity contribution is 7.05. The molecular formula is C13H15FN2OS. The summed E-state index contributed by atoms with van der Waals surface area (Å²) in [5, 5.41) is 14.4. The molecule has 0 radical (unpaired) electrons. The molecule has 1 heterocycles. The molecule has 1 aromatic heterocycles. The number of hydrogen-bond acceptors (Lipinski definition) is 4. The molecule has 5 heteroatoms. The molecule has 18 heavy (non-hydrogen) atoms. The maximum absolute atomic E-state index is 13.2. The molecule has 2 rings (SSSR count). The lowest BCUT2D eigenvalue weighted by atomic mass is 9.89. The Kier molecular flexibility index (Phi) is 3.45. The lowest BCUT2D eigenvalue weighted by Crippen LogP contribution is -2.16. The fourth-order valence-corrected chi connectivity index (χ4v) is 2.60. The summed E-state index contributed by atoms with van der Waals surface area (Å²) in [6, 6.07) is 5.96. The van der Waals surface area contributed by atoms with Crippen LogP contribution in [0.4, 0.5) is 4.39 Å². The van der Waals surface area contributed by atoms with E-state index in [1.165, 1.54) is 12.1 Å². The van der Waals surface area contributed by atoms with Crippen molar-refractivity contribution in [2.45, 2.75) is 32.3 Å². The molecule has 1 N–H and O–H groups in total. The van der Waals surface area contributed by atoms with Gasteiger partial charge in [-0.15, -0.1) is 5.10 Å². The zero-order chi connectivity index (χ0) is 13.3. The maximum Gasteiger partial charge on any atom is 0.123 e. The molecule has 0 bridgehead atoms. The van der Waals surface area contributed by atoms with Gasteiger partial charge in [0.05, 0.1) is 10.6 Å². The highest BCUT2D eigenvalue weighted by atomic mass is 32.1. The van der Waals surface area contributed by atoms with Gasteiger partial charge in [0.15, 0.2) is 0 Å². The van der Waals surface area contributed by atoms with Crippen molar-refractivity contribution >= 4 is 11.5 Å². The first-order valence-electron chi connectivity index (χ1n) is 5.66. The van der Waals surface area contributed by atoms with Gasteiger partial charge in [0, 0.05) is 5.41 Å². The quantitative estimate of drug-likeness (QED) is 0.908. The molecular weight excluding hydrogens is 251 g/mol. The van der Waals surface area contributed by atoms with Gasteiger partial charge < -0.3 is 5.11 Å². The monoisotopic (exact) mass is 266 g/mol. The summed E-state index contributed by atoms with van der Waals surface area (Å²) in [5.74, 6) is -0.360. The number of rotatable bonds is 2. The fraction of sp³-hybridized carbons (Fsp3) is 0.385. The second kappa shape index (κ2) is 4.74. The number of benzene rings is 1. The van der Waals surface area contributed by atoms with E-state index in [1.54, 1.807) is 12.1 Å². The lowest BCUT2D eigenvalue weighted by Gasteiger charge is -2.19. The summed E-state index contributed by atoms with van der Waals surface area (Å²) in [6.45, 7) is 6.02. The van der Waals surface area contributed by atoms with Crippen molar-refractivity contribution in [2.24, 2.45) is 0 Å². The van der Waals surface area contributed by atoms with Crippen molar-refractivity contribution < 1.29 is 9.50 Å². The molecule has 0 saturated heterocycles. The molecule has 0 fully saturated rings. The van der Waals surface area contributed by atoms with Crippen molar-refractivity contribution in [3.8, 4) is 0 Å². The van der Waals surface area contributed by atoms with Gasteiger partial charge in [0.25, 0.3) is 0 Å². The third kappa shape index (κ3) is 2.57. The van der Waals surface area contributed by atoms with E-state index in [0.29, 0.717) is 10.4 Å². The predicted molar refractivity (Wildman–Crippen MR) is 69.1 cm³/mol. The van der Waals surface area contributed by atoms with Crippen LogP contribution in [-0.2, 0) is 5.41 Å². The van der Waals surface area contributed by atoms with E-state index in [0.717, 1.165) is 17.2 Å². The smallest absolute Gasteiger partial charge is 0.123 e. The van der Waals surface area contributed by atoms with Crippen molar-refractivity contribution in [2.75, 3.05) is 0 Å². The SMILES string of the molecule is CC(C)(C)c1nnsc1C(O)c1cccc(F)c1. The van der Waals surface area contributed by atoms with E-state index in [-0.39, 0.29) is 11.2 Å². The minimum absolute atomic E-state index is 0.198. The van der Waals surface area contributed by atoms with Crippen LogP contribution in [0.3, 0.4) is 0 Å². The summed E-state index contributed by atoms with van der Waals surface area (Å²) in [6.07, 6.45) is -0.880. The largest absolute Gasteiger partial charge is 0.383 e. The Morgan fingerprint density at radius 3 is 2.67 bits per heavy atom. The van der Waals surface area contributed by atoms with Crippen LogP contribution in [0.25, 0.3) is 0 Å². The molecule has 2 aromatic rings. The van der Waals surface area contributed by atoms with E-state index in [9.17, 15) is 9.50 Å². The predicted octanol–water partition coefficient (Wildman–Crippen LogP) is 3.06. The maximum atomic E-state index is 13.2. The number of aliphatic hydroxyl groups is 1. The molecule has 0 aliphatic rings. The van der Waals surface area contributed by atoms with Gasteiger partial charge in [-0.05, 0) is 29.2 Å². The molecule has 0 amide bonds. The van der Waals surface area contributed by atoms with Crippen LogP contribution in [0.15, 0.2) is 24.3 Å². The van der Waals surface area contributed by atoms with Crippen LogP contribution in [0.1, 0.15) is 43.0 Å². The molecule has 0 saturated carbocycles. The summed E-state index contributed by atoms with van der Waals surface area (Å²) in [7, 11) is 0. The first-order chi connectivity index (χ1) is 8.39. The Hall–Kier alpha value is -1.33. The Labute approximate surface area is 109 Å². The summed E-state index contributed by atoms with van der Waals surface area (Å²) in [4.78, 5) is 0.674. The van der Waals surface area contributed by atoms with Crippen LogP contribution in [0.5, 0.6) is 0 Å². The zero-order valence-electron chi connectivity index (χ0n) is 10.5. The standard InChI is InChI=1S/C13H15FN2OS/c1-13(2,3)12-11(18-16-15-12)10(17)8-5-4-6-9(14)7-8/h4-7,10,17H,1-3H3. The van der Waals surface area contributed by atoms with Gasteiger partial charge in [-0.2, -0.15) is 0 Å². The van der Waals surface area contributed by atoms with Crippen molar-refractivity contribution in [3.63, 3.8) is 0 Å². The normalized spacial score (nSPS) is 13.6. The van der Waals surface area contributed by atoms with Crippen molar-refractivity contribution in [3.05, 3.63) is 46.2 Å². The van der Waals surface area contributed by atoms with Gasteiger partial charge in [0.2, 0.25) is 0 Å². The Morgan fingerprint density at radius 1 is 1.33 bits per heavy atom. The Morgan fingerprint density at radius 2 is 2.06 bits per heavy atom. The minimum Gasteiger partial charge on any atom is -0.383 e. The van der Waals surface area contributed by atoms with E-state index < -0.39 is 6.10 Å². The highest BCUT2D eigenvalue weighted by Gasteiger charge is 2.27. The number of nitrogens with zero attached hydrogens (tertiary/aromatic N) is 2. The van der Waals surface area contributed by atoms with Gasteiger partial charge >= 0.3 is 0 Å². The average molecular weight is 266 g/mol. The zero-order valence-corrected chi connectivity index (χ0v) is 11.3. The van der Waals surface area contributed by atoms with Gasteiger partial charge in [-0.25, -0.2) is 4.39 Å². The first-order valence-corrected chi connectivity index (χ1v) is 6.43. The Balaban J connectivity index is 2.41.